The Bertz CT molecular complexity index is 465. The van der Waals surface area contributed by atoms with Crippen molar-refractivity contribution in [3.05, 3.63) is 46.3 Å². The summed E-state index contributed by atoms with van der Waals surface area (Å²) in [5.41, 5.74) is 1.44. The first-order valence-electron chi connectivity index (χ1n) is 5.83. The number of ketones is 1. The van der Waals surface area contributed by atoms with Crippen LogP contribution in [0.1, 0.15) is 42.5 Å². The van der Waals surface area contributed by atoms with Gasteiger partial charge in [0.25, 0.3) is 0 Å². The molecule has 3 heteroatoms. The van der Waals surface area contributed by atoms with Crippen molar-refractivity contribution in [2.24, 2.45) is 0 Å². The second kappa shape index (κ2) is 5.46. The Labute approximate surface area is 105 Å². The Balaban J connectivity index is 2.14. The average molecular weight is 253 g/mol. The van der Waals surface area contributed by atoms with E-state index in [1.165, 1.54) is 24.6 Å². The van der Waals surface area contributed by atoms with E-state index in [2.05, 4.69) is 6.08 Å². The molecule has 0 N–H and O–H groups in total. The van der Waals surface area contributed by atoms with E-state index in [0.29, 0.717) is 11.4 Å². The topological polar surface area (TPSA) is 17.1 Å². The minimum absolute atomic E-state index is 0.0948. The molecule has 0 unspecified atom stereocenters. The predicted molar refractivity (Wildman–Crippen MR) is 66.9 cm³/mol. The van der Waals surface area contributed by atoms with E-state index in [4.69, 9.17) is 11.6 Å². The molecule has 0 spiro atoms. The highest BCUT2D eigenvalue weighted by Crippen LogP contribution is 2.24. The van der Waals surface area contributed by atoms with Gasteiger partial charge in [-0.2, -0.15) is 0 Å². The van der Waals surface area contributed by atoms with Gasteiger partial charge in [0.1, 0.15) is 5.82 Å². The van der Waals surface area contributed by atoms with Gasteiger partial charge in [0.05, 0.1) is 5.02 Å². The maximum absolute atomic E-state index is 13.1. The van der Waals surface area contributed by atoms with Crippen molar-refractivity contribution >= 4 is 17.4 Å². The summed E-state index contributed by atoms with van der Waals surface area (Å²) in [5, 5.41) is 0.327. The van der Waals surface area contributed by atoms with Gasteiger partial charge in [-0.15, -0.1) is 0 Å². The quantitative estimate of drug-likeness (QED) is 0.570. The first-order chi connectivity index (χ1) is 8.16. The minimum Gasteiger partial charge on any atom is -0.294 e. The lowest BCUT2D eigenvalue weighted by atomic mass is 9.94. The molecular formula is C14H14ClFO. The number of allylic oxidation sites excluding steroid dienone is 2. The van der Waals surface area contributed by atoms with Crippen molar-refractivity contribution in [1.29, 1.82) is 0 Å². The van der Waals surface area contributed by atoms with Gasteiger partial charge in [0.2, 0.25) is 0 Å². The fourth-order valence-electron chi connectivity index (χ4n) is 2.08. The van der Waals surface area contributed by atoms with E-state index in [1.54, 1.807) is 0 Å². The van der Waals surface area contributed by atoms with Gasteiger partial charge < -0.3 is 0 Å². The van der Waals surface area contributed by atoms with Crippen molar-refractivity contribution < 1.29 is 9.18 Å². The smallest absolute Gasteiger partial charge is 0.168 e. The van der Waals surface area contributed by atoms with Crippen molar-refractivity contribution in [3.63, 3.8) is 0 Å². The molecule has 1 aliphatic carbocycles. The third-order valence-corrected chi connectivity index (χ3v) is 3.33. The van der Waals surface area contributed by atoms with Crippen LogP contribution in [0.25, 0.3) is 0 Å². The standard InChI is InChI=1S/C14H14ClFO/c15-13-7-6-11(16)9-12(13)14(17)8-10-4-2-1-3-5-10/h4,6-7,9H,1-3,5,8H2. The number of carbonyl (C=O) groups excluding carboxylic acids is 1. The molecule has 0 aliphatic heterocycles. The summed E-state index contributed by atoms with van der Waals surface area (Å²) in [5.74, 6) is -0.516. The molecule has 2 rings (SSSR count). The summed E-state index contributed by atoms with van der Waals surface area (Å²) in [6, 6.07) is 3.91. The van der Waals surface area contributed by atoms with Gasteiger partial charge >= 0.3 is 0 Å². The van der Waals surface area contributed by atoms with Gasteiger partial charge in [-0.1, -0.05) is 23.3 Å². The summed E-state index contributed by atoms with van der Waals surface area (Å²) < 4.78 is 13.1. The molecule has 0 amide bonds. The number of hydrogen-bond acceptors (Lipinski definition) is 1. The van der Waals surface area contributed by atoms with Crippen LogP contribution in [0.5, 0.6) is 0 Å². The zero-order valence-corrected chi connectivity index (χ0v) is 10.3. The number of Topliss-reactive ketones (excluding diaryl/α,β-unsaturated/α-hetero) is 1. The molecule has 0 heterocycles. The maximum Gasteiger partial charge on any atom is 0.168 e. The van der Waals surface area contributed by atoms with E-state index in [9.17, 15) is 9.18 Å². The number of rotatable bonds is 3. The van der Waals surface area contributed by atoms with Crippen LogP contribution in [0.3, 0.4) is 0 Å². The average Bonchev–Trinajstić information content (AvgIpc) is 2.33. The van der Waals surface area contributed by atoms with Crippen LogP contribution in [0, 0.1) is 5.82 Å². The van der Waals surface area contributed by atoms with E-state index >= 15 is 0 Å². The lowest BCUT2D eigenvalue weighted by Crippen LogP contribution is -2.04. The fourth-order valence-corrected chi connectivity index (χ4v) is 2.30. The Morgan fingerprint density at radius 1 is 1.35 bits per heavy atom. The first-order valence-corrected chi connectivity index (χ1v) is 6.21. The second-order valence-corrected chi connectivity index (χ2v) is 4.74. The molecular weight excluding hydrogens is 239 g/mol. The van der Waals surface area contributed by atoms with Crippen LogP contribution < -0.4 is 0 Å². The van der Waals surface area contributed by atoms with Crippen LogP contribution >= 0.6 is 11.6 Å². The lowest BCUT2D eigenvalue weighted by molar-refractivity contribution is 0.0991. The Kier molecular flexibility index (Phi) is 3.95. The van der Waals surface area contributed by atoms with Gasteiger partial charge in [-0.25, -0.2) is 4.39 Å². The fraction of sp³-hybridized carbons (Fsp3) is 0.357. The van der Waals surface area contributed by atoms with Crippen molar-refractivity contribution in [2.45, 2.75) is 32.1 Å². The third-order valence-electron chi connectivity index (χ3n) is 3.00. The monoisotopic (exact) mass is 252 g/mol. The maximum atomic E-state index is 13.1. The van der Waals surface area contributed by atoms with Crippen molar-refractivity contribution in [3.8, 4) is 0 Å². The number of hydrogen-bond donors (Lipinski definition) is 0. The summed E-state index contributed by atoms with van der Waals surface area (Å²) in [6.07, 6.45) is 6.82. The van der Waals surface area contributed by atoms with Gasteiger partial charge in [-0.3, -0.25) is 4.79 Å². The molecule has 0 saturated carbocycles. The largest absolute Gasteiger partial charge is 0.294 e. The van der Waals surface area contributed by atoms with Gasteiger partial charge in [0, 0.05) is 12.0 Å². The number of benzene rings is 1. The molecule has 0 atom stereocenters. The summed E-state index contributed by atoms with van der Waals surface area (Å²) in [7, 11) is 0. The minimum atomic E-state index is -0.421. The third kappa shape index (κ3) is 3.16. The Morgan fingerprint density at radius 3 is 2.88 bits per heavy atom. The molecule has 90 valence electrons. The highest BCUT2D eigenvalue weighted by molar-refractivity contribution is 6.34. The molecule has 0 radical (unpaired) electrons. The SMILES string of the molecule is O=C(CC1=CCCCC1)c1cc(F)ccc1Cl. The van der Waals surface area contributed by atoms with Crippen molar-refractivity contribution in [2.75, 3.05) is 0 Å². The molecule has 1 aromatic carbocycles. The van der Waals surface area contributed by atoms with E-state index in [0.717, 1.165) is 24.8 Å². The zero-order valence-electron chi connectivity index (χ0n) is 9.51. The lowest BCUT2D eigenvalue weighted by Gasteiger charge is -2.12. The Hall–Kier alpha value is -1.15. The van der Waals surface area contributed by atoms with Crippen LogP contribution in [-0.4, -0.2) is 5.78 Å². The van der Waals surface area contributed by atoms with Gasteiger partial charge in [-0.05, 0) is 43.9 Å². The summed E-state index contributed by atoms with van der Waals surface area (Å²) >= 11 is 5.90. The highest BCUT2D eigenvalue weighted by Gasteiger charge is 2.14. The molecule has 1 nitrogen and oxygen atoms in total. The van der Waals surface area contributed by atoms with E-state index in [-0.39, 0.29) is 11.3 Å². The van der Waals surface area contributed by atoms with Crippen LogP contribution in [0.4, 0.5) is 4.39 Å². The molecule has 1 aromatic rings. The van der Waals surface area contributed by atoms with Crippen molar-refractivity contribution in [1.82, 2.24) is 0 Å². The van der Waals surface area contributed by atoms with E-state index in [1.807, 2.05) is 0 Å². The van der Waals surface area contributed by atoms with Crippen LogP contribution in [-0.2, 0) is 0 Å². The summed E-state index contributed by atoms with van der Waals surface area (Å²) in [6.45, 7) is 0. The summed E-state index contributed by atoms with van der Waals surface area (Å²) in [4.78, 5) is 12.0. The van der Waals surface area contributed by atoms with Gasteiger partial charge in [0.15, 0.2) is 5.78 Å². The van der Waals surface area contributed by atoms with E-state index < -0.39 is 5.82 Å². The predicted octanol–water partition coefficient (Wildman–Crippen LogP) is 4.55. The molecule has 0 saturated heterocycles. The zero-order chi connectivity index (χ0) is 12.3. The number of carbonyl (C=O) groups is 1. The molecule has 0 fully saturated rings. The number of halogens is 2. The molecule has 1 aliphatic rings. The molecule has 0 aromatic heterocycles. The normalized spacial score (nSPS) is 15.5. The molecule has 0 bridgehead atoms. The highest BCUT2D eigenvalue weighted by atomic mass is 35.5. The first kappa shape index (κ1) is 12.3. The molecule has 17 heavy (non-hydrogen) atoms. The Morgan fingerprint density at radius 2 is 2.18 bits per heavy atom. The van der Waals surface area contributed by atoms with Crippen LogP contribution in [0.2, 0.25) is 5.02 Å². The van der Waals surface area contributed by atoms with Crippen LogP contribution in [0.15, 0.2) is 29.8 Å². The second-order valence-electron chi connectivity index (χ2n) is 4.33.